The second kappa shape index (κ2) is 6.60. The van der Waals surface area contributed by atoms with E-state index < -0.39 is 22.1 Å². The molecule has 0 aliphatic carbocycles. The molecule has 2 heterocycles. The molecule has 1 N–H and O–H groups in total. The molecule has 0 aromatic carbocycles. The number of piperidine rings is 2. The van der Waals surface area contributed by atoms with Gasteiger partial charge >= 0.3 is 5.97 Å². The van der Waals surface area contributed by atoms with Gasteiger partial charge in [0.25, 0.3) is 10.2 Å². The Bertz CT molecular complexity index is 466. The van der Waals surface area contributed by atoms with Crippen molar-refractivity contribution in [2.24, 2.45) is 5.92 Å². The molecule has 0 amide bonds. The quantitative estimate of drug-likeness (QED) is 0.792. The molecular formula is C13H25N3O4S. The van der Waals surface area contributed by atoms with Crippen LogP contribution >= 0.6 is 0 Å². The van der Waals surface area contributed by atoms with Crippen LogP contribution in [0.15, 0.2) is 0 Å². The van der Waals surface area contributed by atoms with Gasteiger partial charge in [0.05, 0.1) is 5.92 Å². The molecule has 0 bridgehead atoms. The molecule has 2 aliphatic rings. The summed E-state index contributed by atoms with van der Waals surface area (Å²) in [7, 11) is 0.217. The molecule has 0 aromatic rings. The third-order valence-corrected chi connectivity index (χ3v) is 6.74. The lowest BCUT2D eigenvalue weighted by Gasteiger charge is -2.38. The predicted molar refractivity (Wildman–Crippen MR) is 79.1 cm³/mol. The van der Waals surface area contributed by atoms with E-state index >= 15 is 0 Å². The number of carbonyl (C=O) groups is 1. The molecule has 0 spiro atoms. The zero-order valence-corrected chi connectivity index (χ0v) is 13.5. The summed E-state index contributed by atoms with van der Waals surface area (Å²) in [5.41, 5.74) is 0. The number of aliphatic carboxylic acids is 1. The van der Waals surface area contributed by atoms with Gasteiger partial charge in [-0.05, 0) is 45.8 Å². The van der Waals surface area contributed by atoms with E-state index in [-0.39, 0.29) is 6.04 Å². The average molecular weight is 319 g/mol. The van der Waals surface area contributed by atoms with E-state index in [1.54, 1.807) is 7.05 Å². The maximum absolute atomic E-state index is 12.6. The summed E-state index contributed by atoms with van der Waals surface area (Å²) in [4.78, 5) is 13.1. The second-order valence-electron chi connectivity index (χ2n) is 6.07. The minimum absolute atomic E-state index is 0.0448. The predicted octanol–water partition coefficient (Wildman–Crippen LogP) is 0.0538. The van der Waals surface area contributed by atoms with Crippen molar-refractivity contribution in [1.82, 2.24) is 13.5 Å². The van der Waals surface area contributed by atoms with Crippen molar-refractivity contribution in [2.45, 2.75) is 31.7 Å². The van der Waals surface area contributed by atoms with Crippen molar-refractivity contribution in [3.05, 3.63) is 0 Å². The van der Waals surface area contributed by atoms with Gasteiger partial charge in [0.2, 0.25) is 0 Å². The Hall–Kier alpha value is -0.700. The van der Waals surface area contributed by atoms with E-state index in [4.69, 9.17) is 5.11 Å². The highest BCUT2D eigenvalue weighted by atomic mass is 32.2. The second-order valence-corrected chi connectivity index (χ2v) is 8.06. The molecular weight excluding hydrogens is 294 g/mol. The third kappa shape index (κ3) is 3.74. The lowest BCUT2D eigenvalue weighted by atomic mass is 9.99. The van der Waals surface area contributed by atoms with E-state index in [1.807, 2.05) is 7.05 Å². The fourth-order valence-corrected chi connectivity index (χ4v) is 4.69. The van der Waals surface area contributed by atoms with Crippen molar-refractivity contribution in [3.8, 4) is 0 Å². The lowest BCUT2D eigenvalue weighted by molar-refractivity contribution is -0.142. The van der Waals surface area contributed by atoms with Crippen LogP contribution in [-0.4, -0.2) is 79.3 Å². The maximum Gasteiger partial charge on any atom is 0.306 e. The fourth-order valence-electron chi connectivity index (χ4n) is 3.06. The number of nitrogens with zero attached hydrogens (tertiary/aromatic N) is 3. The van der Waals surface area contributed by atoms with E-state index in [2.05, 4.69) is 4.90 Å². The Kier molecular flexibility index (Phi) is 5.24. The molecule has 0 saturated carbocycles. The molecule has 2 saturated heterocycles. The van der Waals surface area contributed by atoms with Crippen molar-refractivity contribution >= 4 is 16.2 Å². The summed E-state index contributed by atoms with van der Waals surface area (Å²) in [5.74, 6) is -1.24. The zero-order valence-electron chi connectivity index (χ0n) is 12.7. The first-order chi connectivity index (χ1) is 9.82. The number of hydrogen-bond acceptors (Lipinski definition) is 4. The van der Waals surface area contributed by atoms with Crippen LogP contribution in [0, 0.1) is 5.92 Å². The Balaban J connectivity index is 1.96. The highest BCUT2D eigenvalue weighted by molar-refractivity contribution is 7.86. The molecule has 0 unspecified atom stereocenters. The first-order valence-electron chi connectivity index (χ1n) is 7.47. The normalized spacial score (nSPS) is 24.5. The fraction of sp³-hybridized carbons (Fsp3) is 0.923. The van der Waals surface area contributed by atoms with E-state index in [0.29, 0.717) is 25.9 Å². The van der Waals surface area contributed by atoms with Crippen molar-refractivity contribution in [3.63, 3.8) is 0 Å². The lowest BCUT2D eigenvalue weighted by Crippen LogP contribution is -2.51. The Morgan fingerprint density at radius 2 is 1.62 bits per heavy atom. The van der Waals surface area contributed by atoms with Gasteiger partial charge in [-0.3, -0.25) is 4.79 Å². The summed E-state index contributed by atoms with van der Waals surface area (Å²) >= 11 is 0. The van der Waals surface area contributed by atoms with Gasteiger partial charge in [0.1, 0.15) is 0 Å². The van der Waals surface area contributed by atoms with Crippen LogP contribution in [0.1, 0.15) is 25.7 Å². The third-order valence-electron chi connectivity index (χ3n) is 4.70. The Morgan fingerprint density at radius 1 is 1.10 bits per heavy atom. The summed E-state index contributed by atoms with van der Waals surface area (Å²) in [6.07, 6.45) is 2.49. The smallest absolute Gasteiger partial charge is 0.306 e. The van der Waals surface area contributed by atoms with Gasteiger partial charge in [0.15, 0.2) is 0 Å². The minimum atomic E-state index is -3.47. The molecule has 2 rings (SSSR count). The van der Waals surface area contributed by atoms with Crippen molar-refractivity contribution in [2.75, 3.05) is 40.3 Å². The van der Waals surface area contributed by atoms with Crippen LogP contribution < -0.4 is 0 Å². The number of likely N-dealkylation sites (tertiary alicyclic amines) is 1. The summed E-state index contributed by atoms with van der Waals surface area (Å²) in [5, 5.41) is 8.98. The minimum Gasteiger partial charge on any atom is -0.481 e. The summed E-state index contributed by atoms with van der Waals surface area (Å²) < 4.78 is 28.2. The molecule has 2 fully saturated rings. The van der Waals surface area contributed by atoms with Gasteiger partial charge < -0.3 is 10.0 Å². The number of carboxylic acid groups (broad SMARTS) is 1. The first kappa shape index (κ1) is 16.7. The van der Waals surface area contributed by atoms with Gasteiger partial charge in [-0.2, -0.15) is 17.0 Å². The highest BCUT2D eigenvalue weighted by Crippen LogP contribution is 2.24. The van der Waals surface area contributed by atoms with Crippen LogP contribution in [0.2, 0.25) is 0 Å². The molecule has 122 valence electrons. The van der Waals surface area contributed by atoms with Crippen LogP contribution in [0.4, 0.5) is 0 Å². The van der Waals surface area contributed by atoms with Crippen LogP contribution in [-0.2, 0) is 15.0 Å². The van der Waals surface area contributed by atoms with E-state index in [0.717, 1.165) is 25.9 Å². The van der Waals surface area contributed by atoms with Gasteiger partial charge in [-0.15, -0.1) is 0 Å². The van der Waals surface area contributed by atoms with Gasteiger partial charge in [-0.1, -0.05) is 0 Å². The van der Waals surface area contributed by atoms with Crippen molar-refractivity contribution in [1.29, 1.82) is 0 Å². The van der Waals surface area contributed by atoms with Crippen LogP contribution in [0.3, 0.4) is 0 Å². The van der Waals surface area contributed by atoms with Gasteiger partial charge in [-0.25, -0.2) is 0 Å². The van der Waals surface area contributed by atoms with Crippen LogP contribution in [0.5, 0.6) is 0 Å². The summed E-state index contributed by atoms with van der Waals surface area (Å²) in [6.45, 7) is 2.42. The Labute approximate surface area is 126 Å². The van der Waals surface area contributed by atoms with Crippen LogP contribution in [0.25, 0.3) is 0 Å². The molecule has 7 nitrogen and oxygen atoms in total. The molecule has 0 atom stereocenters. The van der Waals surface area contributed by atoms with E-state index in [1.165, 1.54) is 8.61 Å². The average Bonchev–Trinajstić information content (AvgIpc) is 2.47. The SMILES string of the molecule is CN1CCC(N(C)S(=O)(=O)N2CCC(C(=O)O)CC2)CC1. The molecule has 2 aliphatic heterocycles. The maximum atomic E-state index is 12.6. The standard InChI is InChI=1S/C13H25N3O4S/c1-14-7-5-12(6-8-14)15(2)21(19,20)16-9-3-11(4-10-16)13(17)18/h11-12H,3-10H2,1-2H3,(H,17,18). The molecule has 0 radical (unpaired) electrons. The zero-order chi connectivity index (χ0) is 15.6. The monoisotopic (exact) mass is 319 g/mol. The highest BCUT2D eigenvalue weighted by Gasteiger charge is 2.36. The molecule has 21 heavy (non-hydrogen) atoms. The molecule has 0 aromatic heterocycles. The van der Waals surface area contributed by atoms with Crippen molar-refractivity contribution < 1.29 is 18.3 Å². The Morgan fingerprint density at radius 3 is 2.10 bits per heavy atom. The number of rotatable bonds is 4. The molecule has 8 heteroatoms. The topological polar surface area (TPSA) is 81.2 Å². The number of hydrogen-bond donors (Lipinski definition) is 1. The number of carboxylic acids is 1. The summed E-state index contributed by atoms with van der Waals surface area (Å²) in [6, 6.07) is 0.0448. The van der Waals surface area contributed by atoms with Gasteiger partial charge in [0, 0.05) is 26.2 Å². The first-order valence-corrected chi connectivity index (χ1v) is 8.86. The largest absolute Gasteiger partial charge is 0.481 e. The van der Waals surface area contributed by atoms with E-state index in [9.17, 15) is 13.2 Å².